The van der Waals surface area contributed by atoms with Crippen molar-refractivity contribution in [2.45, 2.75) is 58.5 Å². The Morgan fingerprint density at radius 3 is 2.67 bits per heavy atom. The van der Waals surface area contributed by atoms with Gasteiger partial charge in [0.05, 0.1) is 5.54 Å². The molecule has 15 heavy (non-hydrogen) atoms. The highest BCUT2D eigenvalue weighted by Gasteiger charge is 2.37. The lowest BCUT2D eigenvalue weighted by atomic mass is 9.96. The van der Waals surface area contributed by atoms with Crippen LogP contribution in [0.5, 0.6) is 0 Å². The zero-order valence-corrected chi connectivity index (χ0v) is 10.4. The van der Waals surface area contributed by atoms with Crippen molar-refractivity contribution in [2.24, 2.45) is 11.7 Å². The van der Waals surface area contributed by atoms with E-state index in [2.05, 4.69) is 13.8 Å². The number of carbonyl (C=O) groups is 1. The van der Waals surface area contributed by atoms with Gasteiger partial charge in [-0.3, -0.25) is 4.79 Å². The summed E-state index contributed by atoms with van der Waals surface area (Å²) in [5, 5.41) is 0. The number of carbonyl (C=O) groups excluding carboxylic acids is 1. The van der Waals surface area contributed by atoms with Crippen LogP contribution in [0.1, 0.15) is 47.0 Å². The second-order valence-electron chi connectivity index (χ2n) is 5.22. The highest BCUT2D eigenvalue weighted by molar-refractivity contribution is 5.86. The van der Waals surface area contributed by atoms with Gasteiger partial charge in [-0.2, -0.15) is 0 Å². The summed E-state index contributed by atoms with van der Waals surface area (Å²) in [6, 6.07) is 0.395. The molecule has 1 fully saturated rings. The van der Waals surface area contributed by atoms with Gasteiger partial charge in [0.1, 0.15) is 0 Å². The Morgan fingerprint density at radius 1 is 1.60 bits per heavy atom. The van der Waals surface area contributed by atoms with Crippen LogP contribution in [-0.2, 0) is 4.79 Å². The number of rotatable bonds is 3. The standard InChI is InChI=1S/C12H24N2O/c1-5-12(4,13)11(15)14-8-6-7-10(14)9(2)3/h9-10H,5-8,13H2,1-4H3. The molecule has 1 saturated heterocycles. The number of nitrogens with zero attached hydrogens (tertiary/aromatic N) is 1. The summed E-state index contributed by atoms with van der Waals surface area (Å²) in [5.41, 5.74) is 5.33. The first-order valence-corrected chi connectivity index (χ1v) is 6.00. The molecule has 0 bridgehead atoms. The van der Waals surface area contributed by atoms with Crippen molar-refractivity contribution in [1.82, 2.24) is 4.90 Å². The first-order chi connectivity index (χ1) is 6.90. The van der Waals surface area contributed by atoms with Gasteiger partial charge in [0.15, 0.2) is 0 Å². The second kappa shape index (κ2) is 4.52. The average molecular weight is 212 g/mol. The predicted molar refractivity (Wildman–Crippen MR) is 62.5 cm³/mol. The normalized spacial score (nSPS) is 25.7. The first-order valence-electron chi connectivity index (χ1n) is 6.00. The van der Waals surface area contributed by atoms with E-state index in [1.807, 2.05) is 18.7 Å². The molecule has 3 heteroatoms. The Kier molecular flexibility index (Phi) is 3.77. The van der Waals surface area contributed by atoms with Crippen LogP contribution in [0.15, 0.2) is 0 Å². The molecule has 3 nitrogen and oxygen atoms in total. The molecule has 2 atom stereocenters. The smallest absolute Gasteiger partial charge is 0.242 e. The Morgan fingerprint density at radius 2 is 2.20 bits per heavy atom. The Balaban J connectivity index is 2.75. The molecule has 0 aliphatic carbocycles. The summed E-state index contributed by atoms with van der Waals surface area (Å²) in [6.07, 6.45) is 2.95. The van der Waals surface area contributed by atoms with Crippen molar-refractivity contribution in [3.63, 3.8) is 0 Å². The number of nitrogens with two attached hydrogens (primary N) is 1. The molecule has 88 valence electrons. The summed E-state index contributed by atoms with van der Waals surface area (Å²) in [5.74, 6) is 0.658. The van der Waals surface area contributed by atoms with Gasteiger partial charge >= 0.3 is 0 Å². The van der Waals surface area contributed by atoms with E-state index in [9.17, 15) is 4.79 Å². The molecule has 1 rings (SSSR count). The minimum Gasteiger partial charge on any atom is -0.338 e. The number of amides is 1. The van der Waals surface area contributed by atoms with Crippen molar-refractivity contribution in [3.05, 3.63) is 0 Å². The zero-order chi connectivity index (χ0) is 11.6. The van der Waals surface area contributed by atoms with Crippen LogP contribution in [0.4, 0.5) is 0 Å². The van der Waals surface area contributed by atoms with Crippen LogP contribution in [-0.4, -0.2) is 28.9 Å². The van der Waals surface area contributed by atoms with E-state index in [1.54, 1.807) is 0 Å². The summed E-state index contributed by atoms with van der Waals surface area (Å²) in [6.45, 7) is 9.05. The Hall–Kier alpha value is -0.570. The quantitative estimate of drug-likeness (QED) is 0.775. The molecule has 1 aliphatic heterocycles. The molecule has 2 unspecified atom stereocenters. The molecule has 0 radical (unpaired) electrons. The van der Waals surface area contributed by atoms with Gasteiger partial charge in [-0.1, -0.05) is 20.8 Å². The maximum Gasteiger partial charge on any atom is 0.242 e. The largest absolute Gasteiger partial charge is 0.338 e. The maximum atomic E-state index is 12.2. The third kappa shape index (κ3) is 2.51. The van der Waals surface area contributed by atoms with Crippen LogP contribution in [0.2, 0.25) is 0 Å². The zero-order valence-electron chi connectivity index (χ0n) is 10.4. The van der Waals surface area contributed by atoms with E-state index in [4.69, 9.17) is 5.73 Å². The van der Waals surface area contributed by atoms with Crippen LogP contribution in [0, 0.1) is 5.92 Å². The third-order valence-corrected chi connectivity index (χ3v) is 3.55. The van der Waals surface area contributed by atoms with Gasteiger partial charge in [0.2, 0.25) is 5.91 Å². The topological polar surface area (TPSA) is 46.3 Å². The lowest BCUT2D eigenvalue weighted by Crippen LogP contribution is -2.54. The highest BCUT2D eigenvalue weighted by Crippen LogP contribution is 2.26. The van der Waals surface area contributed by atoms with Gasteiger partial charge in [0, 0.05) is 12.6 Å². The van der Waals surface area contributed by atoms with Crippen LogP contribution in [0.3, 0.4) is 0 Å². The summed E-state index contributed by atoms with van der Waals surface area (Å²) in [7, 11) is 0. The summed E-state index contributed by atoms with van der Waals surface area (Å²) >= 11 is 0. The van der Waals surface area contributed by atoms with Gasteiger partial charge < -0.3 is 10.6 Å². The lowest BCUT2D eigenvalue weighted by molar-refractivity contribution is -0.138. The van der Waals surface area contributed by atoms with Crippen LogP contribution >= 0.6 is 0 Å². The molecule has 0 spiro atoms. The SMILES string of the molecule is CCC(C)(N)C(=O)N1CCCC1C(C)C. The Bertz CT molecular complexity index is 236. The van der Waals surface area contributed by atoms with Gasteiger partial charge in [-0.05, 0) is 32.1 Å². The van der Waals surface area contributed by atoms with E-state index in [0.717, 1.165) is 19.4 Å². The monoisotopic (exact) mass is 212 g/mol. The molecule has 0 aromatic rings. The van der Waals surface area contributed by atoms with E-state index in [-0.39, 0.29) is 5.91 Å². The molecular weight excluding hydrogens is 188 g/mol. The fraction of sp³-hybridized carbons (Fsp3) is 0.917. The molecular formula is C12H24N2O. The molecule has 0 aromatic heterocycles. The van der Waals surface area contributed by atoms with Crippen molar-refractivity contribution >= 4 is 5.91 Å². The van der Waals surface area contributed by atoms with Crippen molar-refractivity contribution in [2.75, 3.05) is 6.54 Å². The van der Waals surface area contributed by atoms with Crippen molar-refractivity contribution < 1.29 is 4.79 Å². The maximum absolute atomic E-state index is 12.2. The molecule has 0 aromatic carbocycles. The predicted octanol–water partition coefficient (Wildman–Crippen LogP) is 1.76. The van der Waals surface area contributed by atoms with E-state index in [0.29, 0.717) is 18.4 Å². The van der Waals surface area contributed by atoms with E-state index < -0.39 is 5.54 Å². The second-order valence-corrected chi connectivity index (χ2v) is 5.22. The Labute approximate surface area is 93.0 Å². The highest BCUT2D eigenvalue weighted by atomic mass is 16.2. The molecule has 1 amide bonds. The number of hydrogen-bond donors (Lipinski definition) is 1. The third-order valence-electron chi connectivity index (χ3n) is 3.55. The van der Waals surface area contributed by atoms with E-state index in [1.165, 1.54) is 0 Å². The minimum atomic E-state index is -0.683. The number of likely N-dealkylation sites (tertiary alicyclic amines) is 1. The number of hydrogen-bond acceptors (Lipinski definition) is 2. The van der Waals surface area contributed by atoms with Gasteiger partial charge in [-0.15, -0.1) is 0 Å². The van der Waals surface area contributed by atoms with Crippen molar-refractivity contribution in [1.29, 1.82) is 0 Å². The minimum absolute atomic E-state index is 0.126. The van der Waals surface area contributed by atoms with E-state index >= 15 is 0 Å². The molecule has 2 N–H and O–H groups in total. The summed E-state index contributed by atoms with van der Waals surface area (Å²) < 4.78 is 0. The van der Waals surface area contributed by atoms with Crippen LogP contribution < -0.4 is 5.73 Å². The van der Waals surface area contributed by atoms with Crippen LogP contribution in [0.25, 0.3) is 0 Å². The first kappa shape index (κ1) is 12.5. The molecule has 1 aliphatic rings. The lowest BCUT2D eigenvalue weighted by Gasteiger charge is -2.34. The fourth-order valence-corrected chi connectivity index (χ4v) is 2.22. The molecule has 1 heterocycles. The van der Waals surface area contributed by atoms with Gasteiger partial charge in [0.25, 0.3) is 0 Å². The summed E-state index contributed by atoms with van der Waals surface area (Å²) in [4.78, 5) is 14.2. The average Bonchev–Trinajstić information content (AvgIpc) is 2.64. The molecule has 0 saturated carbocycles. The van der Waals surface area contributed by atoms with Gasteiger partial charge in [-0.25, -0.2) is 0 Å². The van der Waals surface area contributed by atoms with Crippen molar-refractivity contribution in [3.8, 4) is 0 Å². The fourth-order valence-electron chi connectivity index (χ4n) is 2.22.